The predicted octanol–water partition coefficient (Wildman–Crippen LogP) is 3.75. The maximum absolute atomic E-state index is 12.5. The number of nitrogens with one attached hydrogen (secondary N) is 1. The van der Waals surface area contributed by atoms with Crippen molar-refractivity contribution in [3.8, 4) is 22.8 Å². The van der Waals surface area contributed by atoms with Gasteiger partial charge in [0.1, 0.15) is 5.75 Å². The van der Waals surface area contributed by atoms with E-state index >= 15 is 0 Å². The molecule has 0 saturated carbocycles. The Labute approximate surface area is 174 Å². The van der Waals surface area contributed by atoms with Gasteiger partial charge in [0.2, 0.25) is 5.82 Å². The molecule has 0 unspecified atom stereocenters. The maximum atomic E-state index is 12.5. The summed E-state index contributed by atoms with van der Waals surface area (Å²) in [6.07, 6.45) is 0.714. The first-order valence-electron chi connectivity index (χ1n) is 9.35. The summed E-state index contributed by atoms with van der Waals surface area (Å²) in [4.78, 5) is 17.0. The van der Waals surface area contributed by atoms with Crippen molar-refractivity contribution in [1.82, 2.24) is 20.1 Å². The van der Waals surface area contributed by atoms with Gasteiger partial charge in [-0.05, 0) is 61.9 Å². The highest BCUT2D eigenvalue weighted by Crippen LogP contribution is 2.24. The number of carbonyl (C=O) groups is 1. The van der Waals surface area contributed by atoms with E-state index in [1.54, 1.807) is 23.9 Å². The normalized spacial score (nSPS) is 10.7. The molecule has 0 atom stereocenters. The van der Waals surface area contributed by atoms with Crippen molar-refractivity contribution in [2.45, 2.75) is 13.3 Å². The molecule has 2 aromatic carbocycles. The van der Waals surface area contributed by atoms with Crippen molar-refractivity contribution in [3.05, 3.63) is 59.4 Å². The zero-order valence-corrected chi connectivity index (χ0v) is 17.1. The van der Waals surface area contributed by atoms with Gasteiger partial charge in [0.15, 0.2) is 5.82 Å². The van der Waals surface area contributed by atoms with Crippen molar-refractivity contribution in [2.75, 3.05) is 26.9 Å². The third kappa shape index (κ3) is 5.34. The van der Waals surface area contributed by atoms with E-state index in [-0.39, 0.29) is 11.7 Å². The summed E-state index contributed by atoms with van der Waals surface area (Å²) in [6.45, 7) is 3.58. The number of methoxy groups -OCH3 is 1. The van der Waals surface area contributed by atoms with Crippen molar-refractivity contribution in [3.63, 3.8) is 0 Å². The number of nitrogens with zero attached hydrogens (tertiary/aromatic N) is 3. The highest BCUT2D eigenvalue weighted by Gasteiger charge is 2.18. The molecule has 0 aliphatic carbocycles. The van der Waals surface area contributed by atoms with E-state index in [1.807, 2.05) is 43.3 Å². The van der Waals surface area contributed by atoms with Crippen LogP contribution in [0.25, 0.3) is 17.1 Å². The first-order chi connectivity index (χ1) is 14.1. The molecule has 1 heterocycles. The molecule has 0 radical (unpaired) electrons. The highest BCUT2D eigenvalue weighted by molar-refractivity contribution is 6.30. The number of ether oxygens (including phenoxy) is 2. The Morgan fingerprint density at radius 1 is 1.14 bits per heavy atom. The Bertz CT molecular complexity index is 940. The molecule has 0 bridgehead atoms. The molecule has 0 spiro atoms. The Kier molecular flexibility index (Phi) is 7.21. The van der Waals surface area contributed by atoms with Gasteiger partial charge < -0.3 is 14.8 Å². The van der Waals surface area contributed by atoms with Crippen LogP contribution in [0, 0.1) is 0 Å². The van der Waals surface area contributed by atoms with Gasteiger partial charge in [0.25, 0.3) is 5.91 Å². The summed E-state index contributed by atoms with van der Waals surface area (Å²) < 4.78 is 12.1. The van der Waals surface area contributed by atoms with Crippen molar-refractivity contribution in [1.29, 1.82) is 0 Å². The molecule has 0 aliphatic rings. The van der Waals surface area contributed by atoms with Gasteiger partial charge in [-0.3, -0.25) is 4.79 Å². The van der Waals surface area contributed by atoms with Crippen LogP contribution in [0.4, 0.5) is 0 Å². The number of carbonyl (C=O) groups excluding carboxylic acids is 1. The molecule has 0 fully saturated rings. The molecule has 1 N–H and O–H groups in total. The van der Waals surface area contributed by atoms with E-state index < -0.39 is 0 Å². The summed E-state index contributed by atoms with van der Waals surface area (Å²) in [5, 5.41) is 7.88. The Morgan fingerprint density at radius 2 is 1.86 bits per heavy atom. The molecule has 29 heavy (non-hydrogen) atoms. The van der Waals surface area contributed by atoms with Gasteiger partial charge in [-0.25, -0.2) is 9.67 Å². The molecule has 1 amide bonds. The Morgan fingerprint density at radius 3 is 2.52 bits per heavy atom. The topological polar surface area (TPSA) is 78.3 Å². The second-order valence-electron chi connectivity index (χ2n) is 6.21. The second kappa shape index (κ2) is 10.0. The van der Waals surface area contributed by atoms with E-state index in [4.69, 9.17) is 21.1 Å². The SMILES string of the molecule is CCOc1ccc(-n2nc(C(=O)NCCCOC)nc2-c2ccc(Cl)cc2)cc1. The molecular weight excluding hydrogens is 392 g/mol. The van der Waals surface area contributed by atoms with Crippen molar-refractivity contribution in [2.24, 2.45) is 0 Å². The number of aromatic nitrogens is 3. The smallest absolute Gasteiger partial charge is 0.290 e. The first-order valence-corrected chi connectivity index (χ1v) is 9.73. The van der Waals surface area contributed by atoms with Crippen LogP contribution in [0.15, 0.2) is 48.5 Å². The number of rotatable bonds is 9. The molecule has 3 aromatic rings. The monoisotopic (exact) mass is 414 g/mol. The molecule has 7 nitrogen and oxygen atoms in total. The summed E-state index contributed by atoms with van der Waals surface area (Å²) in [7, 11) is 1.63. The summed E-state index contributed by atoms with van der Waals surface area (Å²) in [6, 6.07) is 14.7. The number of amides is 1. The van der Waals surface area contributed by atoms with Gasteiger partial charge in [0.05, 0.1) is 12.3 Å². The fraction of sp³-hybridized carbons (Fsp3) is 0.286. The predicted molar refractivity (Wildman–Crippen MR) is 112 cm³/mol. The van der Waals surface area contributed by atoms with Crippen LogP contribution in [0.5, 0.6) is 5.75 Å². The zero-order chi connectivity index (χ0) is 20.6. The molecule has 152 valence electrons. The first kappa shape index (κ1) is 20.8. The molecule has 8 heteroatoms. The molecule has 1 aromatic heterocycles. The van der Waals surface area contributed by atoms with Crippen LogP contribution in [-0.4, -0.2) is 47.5 Å². The lowest BCUT2D eigenvalue weighted by Gasteiger charge is -2.08. The minimum absolute atomic E-state index is 0.0984. The van der Waals surface area contributed by atoms with Crippen LogP contribution in [0.2, 0.25) is 5.02 Å². The van der Waals surface area contributed by atoms with E-state index in [2.05, 4.69) is 15.4 Å². The lowest BCUT2D eigenvalue weighted by Crippen LogP contribution is -2.26. The van der Waals surface area contributed by atoms with E-state index in [1.165, 1.54) is 0 Å². The van der Waals surface area contributed by atoms with Gasteiger partial charge >= 0.3 is 0 Å². The van der Waals surface area contributed by atoms with E-state index in [9.17, 15) is 4.79 Å². The average molecular weight is 415 g/mol. The number of hydrogen-bond acceptors (Lipinski definition) is 5. The van der Waals surface area contributed by atoms with E-state index in [0.29, 0.717) is 37.0 Å². The maximum Gasteiger partial charge on any atom is 0.290 e. The van der Waals surface area contributed by atoms with Crippen LogP contribution < -0.4 is 10.1 Å². The molecule has 0 aliphatic heterocycles. The van der Waals surface area contributed by atoms with Crippen LogP contribution in [0.3, 0.4) is 0 Å². The van der Waals surface area contributed by atoms with Gasteiger partial charge in [0, 0.05) is 30.8 Å². The second-order valence-corrected chi connectivity index (χ2v) is 6.64. The van der Waals surface area contributed by atoms with Crippen LogP contribution in [-0.2, 0) is 4.74 Å². The van der Waals surface area contributed by atoms with Gasteiger partial charge in [-0.1, -0.05) is 11.6 Å². The van der Waals surface area contributed by atoms with Crippen molar-refractivity contribution < 1.29 is 14.3 Å². The molecule has 3 rings (SSSR count). The minimum Gasteiger partial charge on any atom is -0.494 e. The largest absolute Gasteiger partial charge is 0.494 e. The van der Waals surface area contributed by atoms with Gasteiger partial charge in [-0.15, -0.1) is 5.10 Å². The standard InChI is InChI=1S/C21H23ClN4O3/c1-3-29-18-11-9-17(10-12-18)26-20(15-5-7-16(22)8-6-15)24-19(25-26)21(27)23-13-4-14-28-2/h5-12H,3-4,13-14H2,1-2H3,(H,23,27). The van der Waals surface area contributed by atoms with Crippen LogP contribution >= 0.6 is 11.6 Å². The Hall–Kier alpha value is -2.90. The minimum atomic E-state index is -0.332. The molecular formula is C21H23ClN4O3. The van der Waals surface area contributed by atoms with Crippen molar-refractivity contribution >= 4 is 17.5 Å². The fourth-order valence-corrected chi connectivity index (χ4v) is 2.85. The number of halogens is 1. The van der Waals surface area contributed by atoms with Crippen LogP contribution in [0.1, 0.15) is 24.0 Å². The zero-order valence-electron chi connectivity index (χ0n) is 16.4. The summed E-state index contributed by atoms with van der Waals surface area (Å²) >= 11 is 6.01. The lowest BCUT2D eigenvalue weighted by atomic mass is 10.2. The average Bonchev–Trinajstić information content (AvgIpc) is 3.18. The lowest BCUT2D eigenvalue weighted by molar-refractivity contribution is 0.0938. The van der Waals surface area contributed by atoms with E-state index in [0.717, 1.165) is 17.0 Å². The number of benzene rings is 2. The quantitative estimate of drug-likeness (QED) is 0.539. The number of hydrogen-bond donors (Lipinski definition) is 1. The highest BCUT2D eigenvalue weighted by atomic mass is 35.5. The molecule has 0 saturated heterocycles. The van der Waals surface area contributed by atoms with Gasteiger partial charge in [-0.2, -0.15) is 0 Å². The third-order valence-electron chi connectivity index (χ3n) is 4.12. The fourth-order valence-electron chi connectivity index (χ4n) is 2.72. The third-order valence-corrected chi connectivity index (χ3v) is 4.37. The summed E-state index contributed by atoms with van der Waals surface area (Å²) in [5.41, 5.74) is 1.57. The Balaban J connectivity index is 1.93. The summed E-state index contributed by atoms with van der Waals surface area (Å²) in [5.74, 6) is 1.08.